The lowest BCUT2D eigenvalue weighted by Crippen LogP contribution is -2.19. The molecule has 16 heavy (non-hydrogen) atoms. The Balaban J connectivity index is 2.03. The molecule has 1 fully saturated rings. The summed E-state index contributed by atoms with van der Waals surface area (Å²) < 4.78 is 28.0. The van der Waals surface area contributed by atoms with Gasteiger partial charge in [0.25, 0.3) is 0 Å². The molecule has 6 nitrogen and oxygen atoms in total. The van der Waals surface area contributed by atoms with Gasteiger partial charge in [0.05, 0.1) is 24.0 Å². The Bertz CT molecular complexity index is 454. The molecule has 7 heteroatoms. The third-order valence-electron chi connectivity index (χ3n) is 2.71. The normalized spacial score (nSPS) is 23.7. The number of sulfone groups is 1. The van der Waals surface area contributed by atoms with E-state index in [-0.39, 0.29) is 17.6 Å². The Kier molecular flexibility index (Phi) is 3.25. The van der Waals surface area contributed by atoms with Crippen LogP contribution in [0.5, 0.6) is 0 Å². The highest BCUT2D eigenvalue weighted by Gasteiger charge is 2.32. The van der Waals surface area contributed by atoms with Gasteiger partial charge in [-0.3, -0.25) is 0 Å². The van der Waals surface area contributed by atoms with Crippen LogP contribution in [0.15, 0.2) is 4.52 Å². The molecule has 2 heterocycles. The number of hydrogen-bond acceptors (Lipinski definition) is 6. The van der Waals surface area contributed by atoms with E-state index >= 15 is 0 Å². The lowest BCUT2D eigenvalue weighted by molar-refractivity contribution is 0.274. The van der Waals surface area contributed by atoms with E-state index in [4.69, 9.17) is 9.63 Å². The molecule has 0 spiro atoms. The van der Waals surface area contributed by atoms with Crippen LogP contribution < -0.4 is 0 Å². The third-order valence-corrected chi connectivity index (χ3v) is 4.98. The zero-order valence-electron chi connectivity index (χ0n) is 8.79. The fourth-order valence-electron chi connectivity index (χ4n) is 1.86. The minimum atomic E-state index is -2.96. The maximum atomic E-state index is 11.6. The number of aliphatic hydroxyl groups is 1. The van der Waals surface area contributed by atoms with E-state index < -0.39 is 9.84 Å². The number of nitrogens with zero attached hydrogens (tertiary/aromatic N) is 2. The molecule has 1 N–H and O–H groups in total. The van der Waals surface area contributed by atoms with Crippen LogP contribution in [-0.2, 0) is 22.7 Å². The van der Waals surface area contributed by atoms with E-state index in [0.717, 1.165) is 0 Å². The molecule has 0 amide bonds. The van der Waals surface area contributed by atoms with Crippen molar-refractivity contribution in [3.05, 3.63) is 11.7 Å². The van der Waals surface area contributed by atoms with Crippen LogP contribution in [-0.4, -0.2) is 41.3 Å². The summed E-state index contributed by atoms with van der Waals surface area (Å²) in [6, 6.07) is 0. The van der Waals surface area contributed by atoms with E-state index in [1.54, 1.807) is 0 Å². The van der Waals surface area contributed by atoms with Crippen molar-refractivity contribution in [2.24, 2.45) is 0 Å². The van der Waals surface area contributed by atoms with Gasteiger partial charge in [-0.05, 0) is 12.8 Å². The van der Waals surface area contributed by atoms with Crippen LogP contribution in [0.1, 0.15) is 24.6 Å². The van der Waals surface area contributed by atoms with Gasteiger partial charge < -0.3 is 9.63 Å². The van der Waals surface area contributed by atoms with Crippen molar-refractivity contribution in [2.75, 3.05) is 12.4 Å². The molecular weight excluding hydrogens is 232 g/mol. The highest BCUT2D eigenvalue weighted by Crippen LogP contribution is 2.22. The van der Waals surface area contributed by atoms with Crippen LogP contribution in [0.25, 0.3) is 0 Å². The largest absolute Gasteiger partial charge is 0.396 e. The molecular formula is C9H14N2O4S. The maximum absolute atomic E-state index is 11.6. The quantitative estimate of drug-likeness (QED) is 0.785. The Hall–Kier alpha value is -0.950. The molecule has 0 aliphatic carbocycles. The highest BCUT2D eigenvalue weighted by molar-refractivity contribution is 7.92. The molecule has 0 radical (unpaired) electrons. The fourth-order valence-corrected chi connectivity index (χ4v) is 3.69. The summed E-state index contributed by atoms with van der Waals surface area (Å²) >= 11 is 0. The molecule has 2 rings (SSSR count). The van der Waals surface area contributed by atoms with Crippen molar-refractivity contribution >= 4 is 9.84 Å². The smallest absolute Gasteiger partial charge is 0.228 e. The molecule has 1 atom stereocenters. The summed E-state index contributed by atoms with van der Waals surface area (Å²) in [5.41, 5.74) is 0. The Morgan fingerprint density at radius 2 is 2.31 bits per heavy atom. The topological polar surface area (TPSA) is 93.3 Å². The van der Waals surface area contributed by atoms with E-state index in [2.05, 4.69) is 10.1 Å². The van der Waals surface area contributed by atoms with Gasteiger partial charge in [0.2, 0.25) is 5.89 Å². The zero-order valence-corrected chi connectivity index (χ0v) is 9.61. The van der Waals surface area contributed by atoms with Crippen molar-refractivity contribution in [1.82, 2.24) is 10.1 Å². The maximum Gasteiger partial charge on any atom is 0.228 e. The minimum absolute atomic E-state index is 0.0522. The van der Waals surface area contributed by atoms with Crippen LogP contribution in [0.2, 0.25) is 0 Å². The molecule has 0 aromatic carbocycles. The standard InChI is InChI=1S/C9H14N2O4S/c12-4-3-9-10-8(11-15-9)6-7-2-1-5-16(7,13)14/h7,12H,1-6H2. The van der Waals surface area contributed by atoms with Crippen LogP contribution in [0.4, 0.5) is 0 Å². The van der Waals surface area contributed by atoms with E-state index in [1.807, 2.05) is 0 Å². The molecule has 0 saturated carbocycles. The van der Waals surface area contributed by atoms with Crippen molar-refractivity contribution in [3.63, 3.8) is 0 Å². The minimum Gasteiger partial charge on any atom is -0.396 e. The van der Waals surface area contributed by atoms with Gasteiger partial charge >= 0.3 is 0 Å². The van der Waals surface area contributed by atoms with Crippen LogP contribution >= 0.6 is 0 Å². The summed E-state index contributed by atoms with van der Waals surface area (Å²) in [6.07, 6.45) is 2.02. The van der Waals surface area contributed by atoms with Gasteiger partial charge in [0, 0.05) is 6.42 Å². The summed E-state index contributed by atoms with van der Waals surface area (Å²) in [7, 11) is -2.96. The Morgan fingerprint density at radius 1 is 1.50 bits per heavy atom. The van der Waals surface area contributed by atoms with Gasteiger partial charge in [-0.2, -0.15) is 4.98 Å². The van der Waals surface area contributed by atoms with Gasteiger partial charge in [-0.25, -0.2) is 8.42 Å². The number of aliphatic hydroxyl groups excluding tert-OH is 1. The second-order valence-corrected chi connectivity index (χ2v) is 6.31. The monoisotopic (exact) mass is 246 g/mol. The molecule has 90 valence electrons. The lowest BCUT2D eigenvalue weighted by atomic mass is 10.2. The fraction of sp³-hybridized carbons (Fsp3) is 0.778. The average molecular weight is 246 g/mol. The Labute approximate surface area is 93.6 Å². The Morgan fingerprint density at radius 3 is 2.94 bits per heavy atom. The van der Waals surface area contributed by atoms with E-state index in [9.17, 15) is 8.42 Å². The molecule has 1 aromatic heterocycles. The number of rotatable bonds is 4. The predicted molar refractivity (Wildman–Crippen MR) is 55.6 cm³/mol. The van der Waals surface area contributed by atoms with Gasteiger partial charge in [0.15, 0.2) is 15.7 Å². The summed E-state index contributed by atoms with van der Waals surface area (Å²) in [6.45, 7) is -0.0522. The summed E-state index contributed by atoms with van der Waals surface area (Å²) in [5, 5.41) is 12.0. The second-order valence-electron chi connectivity index (χ2n) is 3.91. The first-order valence-corrected chi connectivity index (χ1v) is 6.97. The second kappa shape index (κ2) is 4.50. The van der Waals surface area contributed by atoms with Gasteiger partial charge in [-0.1, -0.05) is 5.16 Å². The number of hydrogen-bond donors (Lipinski definition) is 1. The molecule has 0 bridgehead atoms. The SMILES string of the molecule is O=S1(=O)CCCC1Cc1noc(CCO)n1. The van der Waals surface area contributed by atoms with Crippen molar-refractivity contribution in [3.8, 4) is 0 Å². The highest BCUT2D eigenvalue weighted by atomic mass is 32.2. The first-order chi connectivity index (χ1) is 7.62. The predicted octanol–water partition coefficient (Wildman–Crippen LogP) is -0.276. The molecule has 1 saturated heterocycles. The summed E-state index contributed by atoms with van der Waals surface area (Å²) in [5.74, 6) is 1.03. The van der Waals surface area contributed by atoms with Crippen molar-refractivity contribution < 1.29 is 18.0 Å². The van der Waals surface area contributed by atoms with Gasteiger partial charge in [0.1, 0.15) is 0 Å². The van der Waals surface area contributed by atoms with E-state index in [1.165, 1.54) is 0 Å². The van der Waals surface area contributed by atoms with Crippen LogP contribution in [0.3, 0.4) is 0 Å². The zero-order chi connectivity index (χ0) is 11.6. The van der Waals surface area contributed by atoms with Crippen molar-refractivity contribution in [2.45, 2.75) is 30.9 Å². The molecule has 1 aliphatic rings. The van der Waals surface area contributed by atoms with Crippen molar-refractivity contribution in [1.29, 1.82) is 0 Å². The first-order valence-electron chi connectivity index (χ1n) is 5.26. The van der Waals surface area contributed by atoms with E-state index in [0.29, 0.717) is 37.4 Å². The summed E-state index contributed by atoms with van der Waals surface area (Å²) in [4.78, 5) is 4.03. The first kappa shape index (κ1) is 11.5. The third kappa shape index (κ3) is 2.41. The number of aromatic nitrogens is 2. The molecule has 1 aliphatic heterocycles. The van der Waals surface area contributed by atoms with Crippen LogP contribution in [0, 0.1) is 0 Å². The average Bonchev–Trinajstić information content (AvgIpc) is 2.76. The molecule has 1 unspecified atom stereocenters. The van der Waals surface area contributed by atoms with Gasteiger partial charge in [-0.15, -0.1) is 0 Å². The lowest BCUT2D eigenvalue weighted by Gasteiger charge is -2.04. The molecule has 1 aromatic rings.